The van der Waals surface area contributed by atoms with Gasteiger partial charge in [-0.3, -0.25) is 0 Å². The zero-order chi connectivity index (χ0) is 19.1. The van der Waals surface area contributed by atoms with Gasteiger partial charge in [0.2, 0.25) is 0 Å². The van der Waals surface area contributed by atoms with Gasteiger partial charge in [-0.1, -0.05) is 80.1 Å². The smallest absolute Gasteiger partial charge is 0.0505 e. The molecule has 4 heteroatoms. The van der Waals surface area contributed by atoms with Gasteiger partial charge in [-0.05, 0) is 36.7 Å². The van der Waals surface area contributed by atoms with Gasteiger partial charge in [-0.25, -0.2) is 0 Å². The van der Waals surface area contributed by atoms with Gasteiger partial charge < -0.3 is 9.88 Å². The van der Waals surface area contributed by atoms with E-state index < -0.39 is 0 Å². The molecule has 3 rings (SSSR count). The summed E-state index contributed by atoms with van der Waals surface area (Å²) in [6, 6.07) is 14.2. The minimum Gasteiger partial charge on any atom is -0.343 e. The van der Waals surface area contributed by atoms with E-state index in [1.54, 1.807) is 0 Å². The fraction of sp³-hybridized carbons (Fsp3) is 0.391. The lowest BCUT2D eigenvalue weighted by Crippen LogP contribution is -2.14. The van der Waals surface area contributed by atoms with E-state index in [2.05, 4.69) is 47.3 Å². The average Bonchev–Trinajstić information content (AvgIpc) is 3.02. The van der Waals surface area contributed by atoms with Crippen molar-refractivity contribution < 1.29 is 0 Å². The lowest BCUT2D eigenvalue weighted by atomic mass is 10.1. The number of rotatable bonds is 10. The van der Waals surface area contributed by atoms with Gasteiger partial charge in [-0.15, -0.1) is 0 Å². The molecule has 0 unspecified atom stereocenters. The minimum absolute atomic E-state index is 0.677. The SMILES string of the molecule is CCCCCCCNCc1cn(Cc2c(Cl)cccc2Cl)c2ccccc12. The van der Waals surface area contributed by atoms with Crippen molar-refractivity contribution in [1.29, 1.82) is 0 Å². The number of nitrogens with one attached hydrogen (secondary N) is 1. The fourth-order valence-corrected chi connectivity index (χ4v) is 4.04. The number of hydrogen-bond donors (Lipinski definition) is 1. The number of fused-ring (bicyclic) bond motifs is 1. The first-order valence-electron chi connectivity index (χ1n) is 9.91. The topological polar surface area (TPSA) is 17.0 Å². The number of unbranched alkanes of at least 4 members (excludes halogenated alkanes) is 4. The molecule has 1 aromatic heterocycles. The van der Waals surface area contributed by atoms with Crippen LogP contribution in [0.5, 0.6) is 0 Å². The van der Waals surface area contributed by atoms with Crippen LogP contribution in [-0.4, -0.2) is 11.1 Å². The van der Waals surface area contributed by atoms with E-state index in [4.69, 9.17) is 23.2 Å². The van der Waals surface area contributed by atoms with Crippen molar-refractivity contribution in [3.63, 3.8) is 0 Å². The summed E-state index contributed by atoms with van der Waals surface area (Å²) in [5, 5.41) is 6.33. The molecule has 2 aromatic carbocycles. The molecule has 2 nitrogen and oxygen atoms in total. The summed E-state index contributed by atoms with van der Waals surface area (Å²) in [7, 11) is 0. The molecule has 3 aromatic rings. The van der Waals surface area contributed by atoms with E-state index in [0.29, 0.717) is 16.6 Å². The van der Waals surface area contributed by atoms with Gasteiger partial charge in [0.15, 0.2) is 0 Å². The van der Waals surface area contributed by atoms with Crippen molar-refractivity contribution in [1.82, 2.24) is 9.88 Å². The maximum Gasteiger partial charge on any atom is 0.0505 e. The third-order valence-electron chi connectivity index (χ3n) is 5.03. The van der Waals surface area contributed by atoms with Gasteiger partial charge >= 0.3 is 0 Å². The highest BCUT2D eigenvalue weighted by molar-refractivity contribution is 6.36. The third-order valence-corrected chi connectivity index (χ3v) is 5.74. The Kier molecular flexibility index (Phi) is 7.63. The van der Waals surface area contributed by atoms with Crippen molar-refractivity contribution in [3.8, 4) is 0 Å². The Morgan fingerprint density at radius 3 is 2.41 bits per heavy atom. The van der Waals surface area contributed by atoms with Crippen LogP contribution in [0, 0.1) is 0 Å². The van der Waals surface area contributed by atoms with E-state index in [-0.39, 0.29) is 0 Å². The molecule has 0 saturated carbocycles. The summed E-state index contributed by atoms with van der Waals surface area (Å²) in [6.07, 6.45) is 8.77. The molecule has 27 heavy (non-hydrogen) atoms. The Labute approximate surface area is 172 Å². The molecule has 0 aliphatic carbocycles. The largest absolute Gasteiger partial charge is 0.343 e. The first-order chi connectivity index (χ1) is 13.2. The molecule has 0 aliphatic rings. The highest BCUT2D eigenvalue weighted by atomic mass is 35.5. The molecular formula is C23H28Cl2N2. The summed E-state index contributed by atoms with van der Waals surface area (Å²) < 4.78 is 2.25. The maximum absolute atomic E-state index is 6.38. The molecule has 0 saturated heterocycles. The molecule has 144 valence electrons. The molecule has 0 bridgehead atoms. The predicted octanol–water partition coefficient (Wildman–Crippen LogP) is 7.06. The Bertz CT molecular complexity index is 850. The van der Waals surface area contributed by atoms with Gasteiger partial charge in [0.1, 0.15) is 0 Å². The van der Waals surface area contributed by atoms with E-state index in [1.807, 2.05) is 18.2 Å². The zero-order valence-corrected chi connectivity index (χ0v) is 17.5. The van der Waals surface area contributed by atoms with Crippen LogP contribution >= 0.6 is 23.2 Å². The van der Waals surface area contributed by atoms with Crippen molar-refractivity contribution in [2.45, 2.75) is 52.1 Å². The third kappa shape index (κ3) is 5.28. The van der Waals surface area contributed by atoms with E-state index in [9.17, 15) is 0 Å². The average molecular weight is 403 g/mol. The second-order valence-electron chi connectivity index (χ2n) is 7.09. The second kappa shape index (κ2) is 10.2. The van der Waals surface area contributed by atoms with E-state index in [1.165, 1.54) is 48.6 Å². The molecule has 0 atom stereocenters. The summed E-state index contributed by atoms with van der Waals surface area (Å²) >= 11 is 12.8. The Hall–Kier alpha value is -1.48. The lowest BCUT2D eigenvalue weighted by Gasteiger charge is -2.09. The second-order valence-corrected chi connectivity index (χ2v) is 7.90. The van der Waals surface area contributed by atoms with E-state index in [0.717, 1.165) is 18.7 Å². The summed E-state index contributed by atoms with van der Waals surface area (Å²) in [5.74, 6) is 0. The number of hydrogen-bond acceptors (Lipinski definition) is 1. The van der Waals surface area contributed by atoms with Crippen LogP contribution in [0.3, 0.4) is 0 Å². The molecule has 0 fully saturated rings. The van der Waals surface area contributed by atoms with Crippen LogP contribution in [-0.2, 0) is 13.1 Å². The Morgan fingerprint density at radius 2 is 1.63 bits per heavy atom. The molecule has 0 radical (unpaired) electrons. The summed E-state index contributed by atoms with van der Waals surface area (Å²) in [5.41, 5.74) is 3.51. The summed E-state index contributed by atoms with van der Waals surface area (Å²) in [4.78, 5) is 0. The van der Waals surface area contributed by atoms with Crippen LogP contribution in [0.1, 0.15) is 50.2 Å². The normalized spacial score (nSPS) is 11.4. The molecule has 1 N–H and O–H groups in total. The molecule has 0 aliphatic heterocycles. The molecular weight excluding hydrogens is 375 g/mol. The van der Waals surface area contributed by atoms with Crippen LogP contribution in [0.25, 0.3) is 10.9 Å². The standard InChI is InChI=1S/C23H28Cl2N2/c1-2-3-4-5-8-14-26-15-18-16-27(23-13-7-6-10-19(18)23)17-20-21(24)11-9-12-22(20)25/h6-7,9-13,16,26H,2-5,8,14-15,17H2,1H3. The van der Waals surface area contributed by atoms with Crippen LogP contribution < -0.4 is 5.32 Å². The number of nitrogens with zero attached hydrogens (tertiary/aromatic N) is 1. The monoisotopic (exact) mass is 402 g/mol. The van der Waals surface area contributed by atoms with Crippen LogP contribution in [0.4, 0.5) is 0 Å². The predicted molar refractivity (Wildman–Crippen MR) is 118 cm³/mol. The Morgan fingerprint density at radius 1 is 0.889 bits per heavy atom. The Balaban J connectivity index is 1.70. The maximum atomic E-state index is 6.38. The van der Waals surface area contributed by atoms with Crippen LogP contribution in [0.2, 0.25) is 10.0 Å². The quantitative estimate of drug-likeness (QED) is 0.359. The number of para-hydroxylation sites is 1. The highest BCUT2D eigenvalue weighted by Crippen LogP contribution is 2.28. The van der Waals surface area contributed by atoms with Crippen molar-refractivity contribution >= 4 is 34.1 Å². The highest BCUT2D eigenvalue weighted by Gasteiger charge is 2.11. The van der Waals surface area contributed by atoms with Crippen molar-refractivity contribution in [2.75, 3.05) is 6.54 Å². The van der Waals surface area contributed by atoms with Gasteiger partial charge in [0.05, 0.1) is 6.54 Å². The fourth-order valence-electron chi connectivity index (χ4n) is 3.52. The van der Waals surface area contributed by atoms with Gasteiger partial charge in [0.25, 0.3) is 0 Å². The first-order valence-corrected chi connectivity index (χ1v) is 10.7. The first kappa shape index (κ1) is 20.3. The number of aromatic nitrogens is 1. The minimum atomic E-state index is 0.677. The van der Waals surface area contributed by atoms with Gasteiger partial charge in [-0.2, -0.15) is 0 Å². The summed E-state index contributed by atoms with van der Waals surface area (Å²) in [6.45, 7) is 4.89. The number of halogens is 2. The number of benzene rings is 2. The van der Waals surface area contributed by atoms with Gasteiger partial charge in [0, 0.05) is 39.3 Å². The van der Waals surface area contributed by atoms with Crippen molar-refractivity contribution in [2.24, 2.45) is 0 Å². The molecule has 0 spiro atoms. The van der Waals surface area contributed by atoms with Crippen LogP contribution in [0.15, 0.2) is 48.7 Å². The zero-order valence-electron chi connectivity index (χ0n) is 16.0. The lowest BCUT2D eigenvalue weighted by molar-refractivity contribution is 0.584. The molecule has 0 amide bonds. The molecule has 1 heterocycles. The van der Waals surface area contributed by atoms with E-state index >= 15 is 0 Å². The van der Waals surface area contributed by atoms with Crippen molar-refractivity contribution in [3.05, 3.63) is 69.8 Å².